The molecule has 2 atom stereocenters. The van der Waals surface area contributed by atoms with E-state index in [0.29, 0.717) is 17.7 Å². The number of carbonyl (C=O) groups is 1. The van der Waals surface area contributed by atoms with Crippen LogP contribution in [0.5, 0.6) is 0 Å². The minimum atomic E-state index is -0.184. The number of carbonyl (C=O) groups excluding carboxylic acids is 1. The van der Waals surface area contributed by atoms with E-state index in [0.717, 1.165) is 13.0 Å². The third kappa shape index (κ3) is 2.60. The van der Waals surface area contributed by atoms with Gasteiger partial charge in [-0.25, -0.2) is 0 Å². The van der Waals surface area contributed by atoms with Gasteiger partial charge in [-0.15, -0.1) is 0 Å². The number of nitrogens with one attached hydrogen (secondary N) is 2. The van der Waals surface area contributed by atoms with E-state index in [-0.39, 0.29) is 17.4 Å². The van der Waals surface area contributed by atoms with Crippen molar-refractivity contribution in [2.24, 2.45) is 5.41 Å². The molecule has 0 aliphatic carbocycles. The number of hydrogen-bond acceptors (Lipinski definition) is 3. The monoisotopic (exact) mass is 255 g/mol. The van der Waals surface area contributed by atoms with Crippen LogP contribution in [0.25, 0.3) is 0 Å². The molecule has 2 fully saturated rings. The van der Waals surface area contributed by atoms with E-state index in [9.17, 15) is 4.79 Å². The normalized spacial score (nSPS) is 29.9. The maximum Gasteiger partial charge on any atom is 0.251 e. The maximum absolute atomic E-state index is 12.3. The Hall–Kier alpha value is -0.680. The number of rotatable bonds is 2. The van der Waals surface area contributed by atoms with Crippen molar-refractivity contribution in [1.29, 1.82) is 0 Å². The number of thiocarbonyl (C=S) groups is 1. The van der Waals surface area contributed by atoms with Crippen molar-refractivity contribution in [2.45, 2.75) is 45.7 Å². The molecular formula is C12H21N3OS. The summed E-state index contributed by atoms with van der Waals surface area (Å²) in [5.74, 6) is 0.121. The van der Waals surface area contributed by atoms with Crippen LogP contribution in [0, 0.1) is 5.41 Å². The first kappa shape index (κ1) is 12.8. The van der Waals surface area contributed by atoms with E-state index in [1.807, 2.05) is 0 Å². The quantitative estimate of drug-likeness (QED) is 0.719. The molecule has 2 rings (SSSR count). The minimum Gasteiger partial charge on any atom is -0.350 e. The van der Waals surface area contributed by atoms with Gasteiger partial charge >= 0.3 is 0 Å². The van der Waals surface area contributed by atoms with Gasteiger partial charge in [-0.1, -0.05) is 20.8 Å². The fourth-order valence-corrected chi connectivity index (χ4v) is 2.69. The first-order valence-corrected chi connectivity index (χ1v) is 6.65. The molecule has 0 spiro atoms. The molecule has 17 heavy (non-hydrogen) atoms. The van der Waals surface area contributed by atoms with E-state index in [1.54, 1.807) is 4.90 Å². The lowest BCUT2D eigenvalue weighted by Gasteiger charge is -2.25. The van der Waals surface area contributed by atoms with Crippen LogP contribution in [0.4, 0.5) is 0 Å². The Morgan fingerprint density at radius 3 is 2.65 bits per heavy atom. The van der Waals surface area contributed by atoms with Crippen LogP contribution in [0.1, 0.15) is 33.6 Å². The summed E-state index contributed by atoms with van der Waals surface area (Å²) in [6, 6.07) is 0.217. The minimum absolute atomic E-state index is 0.0982. The van der Waals surface area contributed by atoms with Gasteiger partial charge in [0.05, 0.1) is 0 Å². The highest BCUT2D eigenvalue weighted by Crippen LogP contribution is 2.25. The fraction of sp³-hybridized carbons (Fsp3) is 0.833. The van der Waals surface area contributed by atoms with Crippen LogP contribution < -0.4 is 10.6 Å². The molecule has 2 aliphatic rings. The van der Waals surface area contributed by atoms with Crippen molar-refractivity contribution < 1.29 is 4.79 Å². The van der Waals surface area contributed by atoms with Gasteiger partial charge in [0, 0.05) is 12.6 Å². The molecule has 5 heteroatoms. The number of amides is 1. The Morgan fingerprint density at radius 1 is 1.47 bits per heavy atom. The van der Waals surface area contributed by atoms with E-state index in [1.165, 1.54) is 6.42 Å². The van der Waals surface area contributed by atoms with Crippen LogP contribution in [0.2, 0.25) is 0 Å². The highest BCUT2D eigenvalue weighted by atomic mass is 32.1. The third-order valence-corrected chi connectivity index (χ3v) is 3.80. The van der Waals surface area contributed by atoms with Crippen LogP contribution in [0.3, 0.4) is 0 Å². The Morgan fingerprint density at radius 2 is 2.18 bits per heavy atom. The lowest BCUT2D eigenvalue weighted by Crippen LogP contribution is -2.43. The topological polar surface area (TPSA) is 44.4 Å². The van der Waals surface area contributed by atoms with Gasteiger partial charge in [0.25, 0.3) is 5.91 Å². The average molecular weight is 255 g/mol. The number of hydrogen-bond donors (Lipinski definition) is 2. The summed E-state index contributed by atoms with van der Waals surface area (Å²) in [5.41, 5.74) is -0.0982. The summed E-state index contributed by atoms with van der Waals surface area (Å²) in [7, 11) is 0. The Kier molecular flexibility index (Phi) is 3.41. The molecule has 0 saturated carbocycles. The predicted octanol–water partition coefficient (Wildman–Crippen LogP) is 0.870. The number of nitrogens with zero attached hydrogens (tertiary/aromatic N) is 1. The largest absolute Gasteiger partial charge is 0.350 e. The van der Waals surface area contributed by atoms with Crippen LogP contribution >= 0.6 is 12.2 Å². The molecule has 2 heterocycles. The van der Waals surface area contributed by atoms with E-state index in [2.05, 4.69) is 31.4 Å². The van der Waals surface area contributed by atoms with Crippen molar-refractivity contribution >= 4 is 23.2 Å². The predicted molar refractivity (Wildman–Crippen MR) is 71.7 cm³/mol. The zero-order valence-corrected chi connectivity index (χ0v) is 11.6. The first-order chi connectivity index (χ1) is 7.89. The smallest absolute Gasteiger partial charge is 0.251 e. The zero-order valence-electron chi connectivity index (χ0n) is 10.7. The van der Waals surface area contributed by atoms with Crippen LogP contribution in [0.15, 0.2) is 0 Å². The molecule has 0 bridgehead atoms. The second kappa shape index (κ2) is 4.53. The summed E-state index contributed by atoms with van der Waals surface area (Å²) < 4.78 is 0. The van der Waals surface area contributed by atoms with Crippen molar-refractivity contribution in [1.82, 2.24) is 15.5 Å². The summed E-state index contributed by atoms with van der Waals surface area (Å²) in [5, 5.41) is 7.13. The lowest BCUT2D eigenvalue weighted by molar-refractivity contribution is -0.129. The molecule has 4 nitrogen and oxygen atoms in total. The van der Waals surface area contributed by atoms with Gasteiger partial charge in [0.15, 0.2) is 5.11 Å². The Balaban J connectivity index is 2.03. The molecule has 0 aromatic carbocycles. The molecule has 2 aliphatic heterocycles. The average Bonchev–Trinajstić information content (AvgIpc) is 2.80. The summed E-state index contributed by atoms with van der Waals surface area (Å²) in [6.45, 7) is 7.93. The van der Waals surface area contributed by atoms with Crippen molar-refractivity contribution in [3.05, 3.63) is 0 Å². The van der Waals surface area contributed by atoms with E-state index >= 15 is 0 Å². The molecule has 2 saturated heterocycles. The highest BCUT2D eigenvalue weighted by molar-refractivity contribution is 7.80. The molecule has 0 radical (unpaired) electrons. The fourth-order valence-electron chi connectivity index (χ4n) is 2.41. The summed E-state index contributed by atoms with van der Waals surface area (Å²) in [6.07, 6.45) is 2.32. The SMILES string of the molecule is CC(C)(C)[C@@H]1NC(=S)N(C[C@@H]2CCCN2)C1=O. The lowest BCUT2D eigenvalue weighted by atomic mass is 9.87. The van der Waals surface area contributed by atoms with Crippen molar-refractivity contribution in [2.75, 3.05) is 13.1 Å². The van der Waals surface area contributed by atoms with Gasteiger partial charge < -0.3 is 10.6 Å². The van der Waals surface area contributed by atoms with Crippen LogP contribution in [-0.4, -0.2) is 41.1 Å². The van der Waals surface area contributed by atoms with Gasteiger partial charge in [-0.05, 0) is 37.0 Å². The van der Waals surface area contributed by atoms with E-state index < -0.39 is 0 Å². The van der Waals surface area contributed by atoms with Gasteiger partial charge in [-0.2, -0.15) is 0 Å². The zero-order chi connectivity index (χ0) is 12.6. The Labute approximate surface area is 108 Å². The highest BCUT2D eigenvalue weighted by Gasteiger charge is 2.42. The van der Waals surface area contributed by atoms with Gasteiger partial charge in [-0.3, -0.25) is 9.69 Å². The van der Waals surface area contributed by atoms with Crippen molar-refractivity contribution in [3.63, 3.8) is 0 Å². The molecule has 0 unspecified atom stereocenters. The van der Waals surface area contributed by atoms with Gasteiger partial charge in [0.1, 0.15) is 6.04 Å². The Bertz CT molecular complexity index is 331. The molecule has 96 valence electrons. The molecule has 0 aromatic heterocycles. The molecule has 1 amide bonds. The van der Waals surface area contributed by atoms with Crippen molar-refractivity contribution in [3.8, 4) is 0 Å². The molecular weight excluding hydrogens is 234 g/mol. The third-order valence-electron chi connectivity index (χ3n) is 3.46. The standard InChI is InChI=1S/C12H21N3OS/c1-12(2,3)9-10(16)15(11(17)14-9)7-8-5-4-6-13-8/h8-9,13H,4-7H2,1-3H3,(H,14,17)/t8-,9+/m0/s1. The summed E-state index contributed by atoms with van der Waals surface area (Å²) >= 11 is 5.26. The summed E-state index contributed by atoms with van der Waals surface area (Å²) in [4.78, 5) is 14.0. The maximum atomic E-state index is 12.3. The second-order valence-electron chi connectivity index (χ2n) is 5.99. The van der Waals surface area contributed by atoms with E-state index in [4.69, 9.17) is 12.2 Å². The molecule has 2 N–H and O–H groups in total. The van der Waals surface area contributed by atoms with Crippen LogP contribution in [-0.2, 0) is 4.79 Å². The second-order valence-corrected chi connectivity index (χ2v) is 6.38. The first-order valence-electron chi connectivity index (χ1n) is 6.25. The molecule has 0 aromatic rings. The van der Waals surface area contributed by atoms with Gasteiger partial charge in [0.2, 0.25) is 0 Å².